The molecule has 1 amide bonds. The number of anilines is 1. The van der Waals surface area contributed by atoms with Crippen molar-refractivity contribution in [2.75, 3.05) is 24.0 Å². The van der Waals surface area contributed by atoms with Gasteiger partial charge in [0.25, 0.3) is 15.9 Å². The van der Waals surface area contributed by atoms with E-state index in [0.29, 0.717) is 10.7 Å². The van der Waals surface area contributed by atoms with E-state index in [1.54, 1.807) is 45.0 Å². The van der Waals surface area contributed by atoms with E-state index in [1.807, 2.05) is 0 Å². The number of hydrogen-bond acceptors (Lipinski definition) is 5. The van der Waals surface area contributed by atoms with Crippen LogP contribution in [0.3, 0.4) is 0 Å². The zero-order valence-electron chi connectivity index (χ0n) is 18.3. The number of esters is 1. The maximum Gasteiger partial charge on any atom is 0.325 e. The molecule has 0 fully saturated rings. The molecule has 2 rings (SSSR count). The molecule has 7 nitrogen and oxygen atoms in total. The minimum absolute atomic E-state index is 0.0309. The lowest BCUT2D eigenvalue weighted by molar-refractivity contribution is -0.144. The number of nitrogens with zero attached hydrogens (tertiary/aromatic N) is 2. The summed E-state index contributed by atoms with van der Waals surface area (Å²) in [5, 5.41) is 0.479. The summed E-state index contributed by atoms with van der Waals surface area (Å²) in [6.07, 6.45) is 1.47. The van der Waals surface area contributed by atoms with E-state index in [1.165, 1.54) is 39.5 Å². The normalized spacial score (nSPS) is 11.2. The van der Waals surface area contributed by atoms with Crippen molar-refractivity contribution < 1.29 is 22.7 Å². The van der Waals surface area contributed by atoms with Crippen LogP contribution in [0.5, 0.6) is 0 Å². The molecule has 0 atom stereocenters. The molecule has 0 aliphatic carbocycles. The maximum absolute atomic E-state index is 13.4. The zero-order valence-corrected chi connectivity index (χ0v) is 19.9. The van der Waals surface area contributed by atoms with E-state index in [-0.39, 0.29) is 36.2 Å². The highest BCUT2D eigenvalue weighted by atomic mass is 35.5. The Morgan fingerprint density at radius 2 is 1.81 bits per heavy atom. The Labute approximate surface area is 194 Å². The third-order valence-electron chi connectivity index (χ3n) is 4.57. The van der Waals surface area contributed by atoms with Crippen LogP contribution in [0.25, 0.3) is 0 Å². The maximum atomic E-state index is 13.4. The minimum Gasteiger partial charge on any atom is -0.465 e. The summed E-state index contributed by atoms with van der Waals surface area (Å²) >= 11 is 5.93. The van der Waals surface area contributed by atoms with Gasteiger partial charge in [-0.15, -0.1) is 6.58 Å². The summed E-state index contributed by atoms with van der Waals surface area (Å²) in [5.74, 6) is -0.995. The average Bonchev–Trinajstić information content (AvgIpc) is 2.76. The first-order valence-electron chi connectivity index (χ1n) is 10.1. The Bertz CT molecular complexity index is 1070. The molecule has 0 aliphatic rings. The standard InChI is InChI=1S/C23H27ClN2O5S/c1-5-14-26(20-12-10-19(24)11-13-20)32(29,30)21-9-7-8-18(15-21)23(28)25(17(3)4)16-22(27)31-6-2/h5,7-13,15,17H,1,6,14,16H2,2-4H3. The number of sulfonamides is 1. The largest absolute Gasteiger partial charge is 0.465 e. The van der Waals surface area contributed by atoms with Gasteiger partial charge in [0.15, 0.2) is 0 Å². The van der Waals surface area contributed by atoms with Crippen molar-refractivity contribution in [2.45, 2.75) is 31.7 Å². The van der Waals surface area contributed by atoms with Crippen LogP contribution in [0.4, 0.5) is 5.69 Å². The summed E-state index contributed by atoms with van der Waals surface area (Å²) in [5.41, 5.74) is 0.566. The molecule has 0 spiro atoms. The fourth-order valence-corrected chi connectivity index (χ4v) is 4.59. The molecular formula is C23H27ClN2O5S. The number of hydrogen-bond donors (Lipinski definition) is 0. The van der Waals surface area contributed by atoms with E-state index in [0.717, 1.165) is 0 Å². The first-order valence-corrected chi connectivity index (χ1v) is 11.9. The van der Waals surface area contributed by atoms with Gasteiger partial charge < -0.3 is 9.64 Å². The fourth-order valence-electron chi connectivity index (χ4n) is 2.98. The molecule has 0 unspecified atom stereocenters. The van der Waals surface area contributed by atoms with Gasteiger partial charge in [0, 0.05) is 16.6 Å². The molecule has 0 N–H and O–H groups in total. The number of halogens is 1. The summed E-state index contributed by atoms with van der Waals surface area (Å²) in [4.78, 5) is 26.3. The lowest BCUT2D eigenvalue weighted by Gasteiger charge is -2.26. The monoisotopic (exact) mass is 478 g/mol. The van der Waals surface area contributed by atoms with Crippen molar-refractivity contribution in [3.63, 3.8) is 0 Å². The molecule has 2 aromatic rings. The number of carbonyl (C=O) groups is 2. The van der Waals surface area contributed by atoms with Crippen LogP contribution in [-0.4, -0.2) is 50.9 Å². The lowest BCUT2D eigenvalue weighted by Crippen LogP contribution is -2.41. The van der Waals surface area contributed by atoms with Crippen LogP contribution in [-0.2, 0) is 19.6 Å². The van der Waals surface area contributed by atoms with E-state index in [9.17, 15) is 18.0 Å². The van der Waals surface area contributed by atoms with Gasteiger partial charge in [0.05, 0.1) is 23.7 Å². The van der Waals surface area contributed by atoms with E-state index in [2.05, 4.69) is 6.58 Å². The molecule has 0 saturated carbocycles. The number of amides is 1. The molecule has 0 aromatic heterocycles. The Hall–Kier alpha value is -2.84. The van der Waals surface area contributed by atoms with Gasteiger partial charge in [-0.2, -0.15) is 0 Å². The van der Waals surface area contributed by atoms with Crippen LogP contribution in [0.1, 0.15) is 31.1 Å². The zero-order chi connectivity index (χ0) is 23.9. The highest BCUT2D eigenvalue weighted by molar-refractivity contribution is 7.92. The summed E-state index contributed by atoms with van der Waals surface area (Å²) < 4.78 is 32.9. The van der Waals surface area contributed by atoms with Gasteiger partial charge in [0.1, 0.15) is 6.54 Å². The molecule has 0 aliphatic heterocycles. The van der Waals surface area contributed by atoms with Gasteiger partial charge in [-0.3, -0.25) is 13.9 Å². The Balaban J connectivity index is 2.42. The second-order valence-electron chi connectivity index (χ2n) is 7.16. The van der Waals surface area contributed by atoms with Gasteiger partial charge in [-0.25, -0.2) is 8.42 Å². The van der Waals surface area contributed by atoms with Gasteiger partial charge in [0.2, 0.25) is 0 Å². The fraction of sp³-hybridized carbons (Fsp3) is 0.304. The van der Waals surface area contributed by atoms with Crippen molar-refractivity contribution >= 4 is 39.2 Å². The van der Waals surface area contributed by atoms with Crippen LogP contribution >= 0.6 is 11.6 Å². The molecule has 0 radical (unpaired) electrons. The van der Waals surface area contributed by atoms with Crippen LogP contribution in [0.2, 0.25) is 5.02 Å². The molecule has 9 heteroatoms. The number of rotatable bonds is 10. The Morgan fingerprint density at radius 3 is 2.38 bits per heavy atom. The van der Waals surface area contributed by atoms with Crippen molar-refractivity contribution in [3.8, 4) is 0 Å². The van der Waals surface area contributed by atoms with Crippen LogP contribution in [0.15, 0.2) is 66.1 Å². The first kappa shape index (κ1) is 25.4. The van der Waals surface area contributed by atoms with Gasteiger partial charge in [-0.1, -0.05) is 23.7 Å². The predicted octanol–water partition coefficient (Wildman–Crippen LogP) is 4.14. The molecule has 0 bridgehead atoms. The first-order chi connectivity index (χ1) is 15.1. The SMILES string of the molecule is C=CCN(c1ccc(Cl)cc1)S(=O)(=O)c1cccc(C(=O)N(CC(=O)OCC)C(C)C)c1. The van der Waals surface area contributed by atoms with Crippen LogP contribution < -0.4 is 4.31 Å². The molecule has 2 aromatic carbocycles. The number of ether oxygens (including phenoxy) is 1. The highest BCUT2D eigenvalue weighted by Crippen LogP contribution is 2.26. The molecule has 172 valence electrons. The summed E-state index contributed by atoms with van der Waals surface area (Å²) in [6.45, 7) is 8.87. The second-order valence-corrected chi connectivity index (χ2v) is 9.46. The topological polar surface area (TPSA) is 84.0 Å². The quantitative estimate of drug-likeness (QED) is 0.378. The Morgan fingerprint density at radius 1 is 1.16 bits per heavy atom. The summed E-state index contributed by atoms with van der Waals surface area (Å²) in [6, 6.07) is 11.8. The smallest absolute Gasteiger partial charge is 0.325 e. The third kappa shape index (κ3) is 6.11. The number of carbonyl (C=O) groups excluding carboxylic acids is 2. The van der Waals surface area contributed by atoms with Crippen molar-refractivity contribution in [3.05, 3.63) is 71.8 Å². The Kier molecular flexibility index (Phi) is 8.86. The number of benzene rings is 2. The van der Waals surface area contributed by atoms with Gasteiger partial charge in [-0.05, 0) is 63.2 Å². The molecule has 32 heavy (non-hydrogen) atoms. The second kappa shape index (κ2) is 11.2. The third-order valence-corrected chi connectivity index (χ3v) is 6.61. The van der Waals surface area contributed by atoms with E-state index in [4.69, 9.17) is 16.3 Å². The minimum atomic E-state index is -4.01. The molecular weight excluding hydrogens is 452 g/mol. The lowest BCUT2D eigenvalue weighted by atomic mass is 10.1. The van der Waals surface area contributed by atoms with Crippen LogP contribution in [0, 0.1) is 0 Å². The average molecular weight is 479 g/mol. The van der Waals surface area contributed by atoms with Gasteiger partial charge >= 0.3 is 5.97 Å². The van der Waals surface area contributed by atoms with Crippen molar-refractivity contribution in [2.24, 2.45) is 0 Å². The highest BCUT2D eigenvalue weighted by Gasteiger charge is 2.27. The summed E-state index contributed by atoms with van der Waals surface area (Å²) in [7, 11) is -4.01. The van der Waals surface area contributed by atoms with E-state index < -0.39 is 21.9 Å². The molecule has 0 heterocycles. The van der Waals surface area contributed by atoms with Crippen molar-refractivity contribution in [1.82, 2.24) is 4.90 Å². The van der Waals surface area contributed by atoms with E-state index >= 15 is 0 Å². The predicted molar refractivity (Wildman–Crippen MR) is 125 cm³/mol. The van der Waals surface area contributed by atoms with Crippen molar-refractivity contribution in [1.29, 1.82) is 0 Å². The molecule has 0 saturated heterocycles.